The van der Waals surface area contributed by atoms with Crippen LogP contribution < -0.4 is 4.74 Å². The molecule has 0 bridgehead atoms. The molecule has 2 rings (SSSR count). The molecule has 1 heterocycles. The van der Waals surface area contributed by atoms with Gasteiger partial charge in [-0.05, 0) is 44.0 Å². The molecule has 1 amide bonds. The van der Waals surface area contributed by atoms with Gasteiger partial charge >= 0.3 is 0 Å². The number of hydrogen-bond acceptors (Lipinski definition) is 3. The summed E-state index contributed by atoms with van der Waals surface area (Å²) in [5, 5.41) is 0. The van der Waals surface area contributed by atoms with Crippen LogP contribution in [-0.2, 0) is 11.2 Å². The Kier molecular flexibility index (Phi) is 6.05. The average Bonchev–Trinajstić information content (AvgIpc) is 3.03. The minimum atomic E-state index is 0.208. The number of carbonyl (C=O) groups is 1. The zero-order chi connectivity index (χ0) is 15.1. The average molecular weight is 290 g/mol. The van der Waals surface area contributed by atoms with Gasteiger partial charge in [-0.3, -0.25) is 4.79 Å². The number of hydrogen-bond donors (Lipinski definition) is 0. The molecule has 1 aliphatic rings. The van der Waals surface area contributed by atoms with E-state index in [1.54, 1.807) is 7.11 Å². The lowest BCUT2D eigenvalue weighted by Crippen LogP contribution is -2.35. The first kappa shape index (κ1) is 15.8. The molecule has 0 saturated carbocycles. The molecule has 116 valence electrons. The Balaban J connectivity index is 1.75. The van der Waals surface area contributed by atoms with Crippen molar-refractivity contribution in [1.29, 1.82) is 0 Å². The maximum atomic E-state index is 12.2. The molecule has 1 saturated heterocycles. The highest BCUT2D eigenvalue weighted by Gasteiger charge is 2.14. The third-order valence-electron chi connectivity index (χ3n) is 4.18. The molecule has 0 N–H and O–H groups in total. The van der Waals surface area contributed by atoms with Crippen LogP contribution in [0.3, 0.4) is 0 Å². The molecule has 1 aliphatic heterocycles. The second-order valence-electron chi connectivity index (χ2n) is 5.68. The standard InChI is InChI=1S/C17H26N2O2/c1-18(13-14-19-11-5-6-12-19)17(20)10-9-15-7-3-4-8-16(15)21-2/h3-4,7-8H,5-6,9-14H2,1-2H3. The highest BCUT2D eigenvalue weighted by atomic mass is 16.5. The van der Waals surface area contributed by atoms with Crippen LogP contribution in [0.15, 0.2) is 24.3 Å². The van der Waals surface area contributed by atoms with Gasteiger partial charge in [0.05, 0.1) is 7.11 Å². The maximum absolute atomic E-state index is 12.2. The Hall–Kier alpha value is -1.55. The Bertz CT molecular complexity index is 456. The van der Waals surface area contributed by atoms with E-state index in [9.17, 15) is 4.79 Å². The fourth-order valence-corrected chi connectivity index (χ4v) is 2.76. The molecular weight excluding hydrogens is 264 g/mol. The molecule has 0 spiro atoms. The fourth-order valence-electron chi connectivity index (χ4n) is 2.76. The van der Waals surface area contributed by atoms with E-state index >= 15 is 0 Å². The number of likely N-dealkylation sites (tertiary alicyclic amines) is 1. The number of rotatable bonds is 7. The number of benzene rings is 1. The van der Waals surface area contributed by atoms with Crippen molar-refractivity contribution < 1.29 is 9.53 Å². The lowest BCUT2D eigenvalue weighted by atomic mass is 10.1. The number of carbonyl (C=O) groups excluding carboxylic acids is 1. The molecule has 21 heavy (non-hydrogen) atoms. The minimum absolute atomic E-state index is 0.208. The molecule has 4 heteroatoms. The highest BCUT2D eigenvalue weighted by Crippen LogP contribution is 2.19. The SMILES string of the molecule is COc1ccccc1CCC(=O)N(C)CCN1CCCC1. The molecule has 1 aromatic carbocycles. The summed E-state index contributed by atoms with van der Waals surface area (Å²) in [5.74, 6) is 1.07. The van der Waals surface area contributed by atoms with Gasteiger partial charge < -0.3 is 14.5 Å². The van der Waals surface area contributed by atoms with Crippen molar-refractivity contribution >= 4 is 5.91 Å². The molecule has 0 aromatic heterocycles. The smallest absolute Gasteiger partial charge is 0.222 e. The van der Waals surface area contributed by atoms with Crippen molar-refractivity contribution in [3.05, 3.63) is 29.8 Å². The monoisotopic (exact) mass is 290 g/mol. The Labute approximate surface area is 127 Å². The molecule has 0 atom stereocenters. The first-order valence-corrected chi connectivity index (χ1v) is 7.79. The zero-order valence-electron chi connectivity index (χ0n) is 13.2. The third kappa shape index (κ3) is 4.74. The van der Waals surface area contributed by atoms with Gasteiger partial charge in [0.1, 0.15) is 5.75 Å². The number of ether oxygens (including phenoxy) is 1. The van der Waals surface area contributed by atoms with Crippen LogP contribution in [0.1, 0.15) is 24.8 Å². The van der Waals surface area contributed by atoms with E-state index in [-0.39, 0.29) is 5.91 Å². The van der Waals surface area contributed by atoms with Crippen molar-refractivity contribution in [2.24, 2.45) is 0 Å². The van der Waals surface area contributed by atoms with Crippen molar-refractivity contribution in [2.45, 2.75) is 25.7 Å². The molecule has 0 radical (unpaired) electrons. The number of para-hydroxylation sites is 1. The van der Waals surface area contributed by atoms with Crippen LogP contribution in [0.2, 0.25) is 0 Å². The van der Waals surface area contributed by atoms with Crippen molar-refractivity contribution in [3.8, 4) is 5.75 Å². The largest absolute Gasteiger partial charge is 0.496 e. The molecule has 4 nitrogen and oxygen atoms in total. The molecule has 1 fully saturated rings. The van der Waals surface area contributed by atoms with Crippen LogP contribution in [0, 0.1) is 0 Å². The second-order valence-corrected chi connectivity index (χ2v) is 5.68. The fraction of sp³-hybridized carbons (Fsp3) is 0.588. The van der Waals surface area contributed by atoms with Gasteiger partial charge in [-0.15, -0.1) is 0 Å². The summed E-state index contributed by atoms with van der Waals surface area (Å²) in [7, 11) is 3.57. The van der Waals surface area contributed by atoms with Crippen LogP contribution in [0.4, 0.5) is 0 Å². The van der Waals surface area contributed by atoms with Crippen LogP contribution in [0.5, 0.6) is 5.75 Å². The number of nitrogens with zero attached hydrogens (tertiary/aromatic N) is 2. The van der Waals surface area contributed by atoms with Gasteiger partial charge in [-0.1, -0.05) is 18.2 Å². The first-order valence-electron chi connectivity index (χ1n) is 7.79. The number of aryl methyl sites for hydroxylation is 1. The van der Waals surface area contributed by atoms with Gasteiger partial charge in [0.2, 0.25) is 5.91 Å². The van der Waals surface area contributed by atoms with Gasteiger partial charge in [-0.2, -0.15) is 0 Å². The van der Waals surface area contributed by atoms with Gasteiger partial charge in [0, 0.05) is 26.6 Å². The summed E-state index contributed by atoms with van der Waals surface area (Å²) in [6.07, 6.45) is 3.87. The molecule has 0 aliphatic carbocycles. The Morgan fingerprint density at radius 3 is 2.71 bits per heavy atom. The van der Waals surface area contributed by atoms with Gasteiger partial charge in [-0.25, -0.2) is 0 Å². The molecule has 1 aromatic rings. The molecular formula is C17H26N2O2. The number of amides is 1. The quantitative estimate of drug-likeness (QED) is 0.771. The Morgan fingerprint density at radius 2 is 2.00 bits per heavy atom. The van der Waals surface area contributed by atoms with Crippen LogP contribution in [0.25, 0.3) is 0 Å². The number of methoxy groups -OCH3 is 1. The summed E-state index contributed by atoms with van der Waals surface area (Å²) in [5.41, 5.74) is 1.10. The summed E-state index contributed by atoms with van der Waals surface area (Å²) in [4.78, 5) is 16.5. The summed E-state index contributed by atoms with van der Waals surface area (Å²) >= 11 is 0. The summed E-state index contributed by atoms with van der Waals surface area (Å²) < 4.78 is 5.32. The van der Waals surface area contributed by atoms with E-state index in [0.717, 1.165) is 30.8 Å². The lowest BCUT2D eigenvalue weighted by Gasteiger charge is -2.21. The molecule has 0 unspecified atom stereocenters. The predicted octanol–water partition coefficient (Wildman–Crippen LogP) is 2.18. The van der Waals surface area contributed by atoms with E-state index < -0.39 is 0 Å². The minimum Gasteiger partial charge on any atom is -0.496 e. The van der Waals surface area contributed by atoms with E-state index in [4.69, 9.17) is 4.74 Å². The highest BCUT2D eigenvalue weighted by molar-refractivity contribution is 5.76. The zero-order valence-corrected chi connectivity index (χ0v) is 13.2. The Morgan fingerprint density at radius 1 is 1.29 bits per heavy atom. The number of likely N-dealkylation sites (N-methyl/N-ethyl adjacent to an activating group) is 1. The van der Waals surface area contributed by atoms with Crippen LogP contribution in [-0.4, -0.2) is 56.0 Å². The maximum Gasteiger partial charge on any atom is 0.222 e. The van der Waals surface area contributed by atoms with E-state index in [1.807, 2.05) is 36.2 Å². The second kappa shape index (κ2) is 8.03. The lowest BCUT2D eigenvalue weighted by molar-refractivity contribution is -0.130. The van der Waals surface area contributed by atoms with Gasteiger partial charge in [0.25, 0.3) is 0 Å². The first-order chi connectivity index (χ1) is 10.2. The van der Waals surface area contributed by atoms with E-state index in [2.05, 4.69) is 4.90 Å². The van der Waals surface area contributed by atoms with E-state index in [1.165, 1.54) is 25.9 Å². The van der Waals surface area contributed by atoms with Crippen molar-refractivity contribution in [3.63, 3.8) is 0 Å². The van der Waals surface area contributed by atoms with Crippen molar-refractivity contribution in [1.82, 2.24) is 9.80 Å². The predicted molar refractivity (Wildman–Crippen MR) is 84.6 cm³/mol. The normalized spacial score (nSPS) is 15.1. The van der Waals surface area contributed by atoms with E-state index in [0.29, 0.717) is 6.42 Å². The summed E-state index contributed by atoms with van der Waals surface area (Å²) in [6.45, 7) is 4.19. The third-order valence-corrected chi connectivity index (χ3v) is 4.18. The van der Waals surface area contributed by atoms with Crippen LogP contribution >= 0.6 is 0 Å². The van der Waals surface area contributed by atoms with Crippen molar-refractivity contribution in [2.75, 3.05) is 40.3 Å². The van der Waals surface area contributed by atoms with Gasteiger partial charge in [0.15, 0.2) is 0 Å². The topological polar surface area (TPSA) is 32.8 Å². The summed E-state index contributed by atoms with van der Waals surface area (Å²) in [6, 6.07) is 7.90.